The zero-order chi connectivity index (χ0) is 18.9. The first kappa shape index (κ1) is 18.6. The Bertz CT molecular complexity index is 739. The third-order valence-electron chi connectivity index (χ3n) is 5.10. The number of benzene rings is 1. The van der Waals surface area contributed by atoms with Crippen LogP contribution in [-0.4, -0.2) is 41.2 Å². The Labute approximate surface area is 156 Å². The number of piperidine rings is 1. The summed E-state index contributed by atoms with van der Waals surface area (Å²) >= 11 is 0. The number of hydrogen-bond donors (Lipinski definition) is 1. The molecule has 0 atom stereocenters. The second-order valence-electron chi connectivity index (χ2n) is 8.53. The summed E-state index contributed by atoms with van der Waals surface area (Å²) in [4.78, 5) is 11.6. The number of nitrogens with zero attached hydrogens (tertiary/aromatic N) is 3. The Morgan fingerprint density at radius 2 is 1.69 bits per heavy atom. The van der Waals surface area contributed by atoms with Gasteiger partial charge in [0.15, 0.2) is 0 Å². The van der Waals surface area contributed by atoms with E-state index in [4.69, 9.17) is 4.74 Å². The molecule has 0 aliphatic carbocycles. The molecule has 1 fully saturated rings. The van der Waals surface area contributed by atoms with Crippen molar-refractivity contribution in [3.8, 4) is 17.0 Å². The molecule has 1 aliphatic rings. The SMILES string of the molecule is COc1ccccc1-c1cnc(N(C)C2CC(C)(C)NC(C)(C)C2)cn1. The van der Waals surface area contributed by atoms with Crippen molar-refractivity contribution in [2.24, 2.45) is 0 Å². The van der Waals surface area contributed by atoms with Crippen LogP contribution < -0.4 is 15.0 Å². The standard InChI is InChI=1S/C21H30N4O/c1-20(2)11-15(12-21(3,4)24-20)25(5)19-14-22-17(13-23-19)16-9-7-8-10-18(16)26-6/h7-10,13-15,24H,11-12H2,1-6H3. The van der Waals surface area contributed by atoms with E-state index in [2.05, 4.69) is 54.9 Å². The molecular weight excluding hydrogens is 324 g/mol. The van der Waals surface area contributed by atoms with Crippen molar-refractivity contribution in [2.45, 2.75) is 57.7 Å². The number of hydrogen-bond acceptors (Lipinski definition) is 5. The average molecular weight is 354 g/mol. The highest BCUT2D eigenvalue weighted by molar-refractivity contribution is 5.66. The van der Waals surface area contributed by atoms with Crippen LogP contribution in [0.15, 0.2) is 36.7 Å². The third-order valence-corrected chi connectivity index (χ3v) is 5.10. The molecule has 2 aromatic rings. The van der Waals surface area contributed by atoms with Gasteiger partial charge >= 0.3 is 0 Å². The van der Waals surface area contributed by atoms with Gasteiger partial charge in [0.2, 0.25) is 0 Å². The fourth-order valence-corrected chi connectivity index (χ4v) is 4.23. The van der Waals surface area contributed by atoms with Crippen LogP contribution in [0.3, 0.4) is 0 Å². The van der Waals surface area contributed by atoms with Crippen LogP contribution in [0.1, 0.15) is 40.5 Å². The maximum Gasteiger partial charge on any atom is 0.147 e. The van der Waals surface area contributed by atoms with Crippen LogP contribution in [0.25, 0.3) is 11.3 Å². The molecule has 0 amide bonds. The Morgan fingerprint density at radius 3 is 2.27 bits per heavy atom. The van der Waals surface area contributed by atoms with Gasteiger partial charge in [0.1, 0.15) is 11.6 Å². The van der Waals surface area contributed by atoms with Gasteiger partial charge in [-0.05, 0) is 52.7 Å². The summed E-state index contributed by atoms with van der Waals surface area (Å²) in [5, 5.41) is 3.73. The normalized spacial score (nSPS) is 19.2. The Balaban J connectivity index is 1.82. The minimum Gasteiger partial charge on any atom is -0.496 e. The molecule has 0 unspecified atom stereocenters. The van der Waals surface area contributed by atoms with E-state index in [0.29, 0.717) is 6.04 Å². The molecule has 5 heteroatoms. The van der Waals surface area contributed by atoms with E-state index in [1.807, 2.05) is 36.7 Å². The molecule has 0 bridgehead atoms. The first-order valence-corrected chi connectivity index (χ1v) is 9.18. The molecule has 140 valence electrons. The summed E-state index contributed by atoms with van der Waals surface area (Å²) in [6, 6.07) is 8.31. The zero-order valence-electron chi connectivity index (χ0n) is 16.7. The topological polar surface area (TPSA) is 50.3 Å². The molecule has 1 saturated heterocycles. The van der Waals surface area contributed by atoms with Crippen LogP contribution in [0.5, 0.6) is 5.75 Å². The van der Waals surface area contributed by atoms with E-state index in [0.717, 1.165) is 35.7 Å². The molecule has 1 N–H and O–H groups in total. The van der Waals surface area contributed by atoms with Crippen molar-refractivity contribution in [3.63, 3.8) is 0 Å². The van der Waals surface area contributed by atoms with Crippen molar-refractivity contribution in [1.82, 2.24) is 15.3 Å². The van der Waals surface area contributed by atoms with Gasteiger partial charge < -0.3 is 15.0 Å². The van der Waals surface area contributed by atoms with Gasteiger partial charge in [-0.3, -0.25) is 4.98 Å². The van der Waals surface area contributed by atoms with Crippen LogP contribution >= 0.6 is 0 Å². The Kier molecular flexibility index (Phi) is 4.93. The lowest BCUT2D eigenvalue weighted by molar-refractivity contribution is 0.160. The average Bonchev–Trinajstić information content (AvgIpc) is 2.58. The molecule has 5 nitrogen and oxygen atoms in total. The lowest BCUT2D eigenvalue weighted by atomic mass is 9.79. The van der Waals surface area contributed by atoms with E-state index in [1.54, 1.807) is 7.11 Å². The Hall–Kier alpha value is -2.14. The lowest BCUT2D eigenvalue weighted by Crippen LogP contribution is -2.62. The first-order chi connectivity index (χ1) is 12.2. The third kappa shape index (κ3) is 3.98. The summed E-state index contributed by atoms with van der Waals surface area (Å²) in [6.45, 7) is 9.08. The van der Waals surface area contributed by atoms with Crippen molar-refractivity contribution in [1.29, 1.82) is 0 Å². The minimum absolute atomic E-state index is 0.103. The lowest BCUT2D eigenvalue weighted by Gasteiger charge is -2.49. The number of nitrogens with one attached hydrogen (secondary N) is 1. The molecule has 1 aromatic heterocycles. The highest BCUT2D eigenvalue weighted by atomic mass is 16.5. The fourth-order valence-electron chi connectivity index (χ4n) is 4.23. The summed E-state index contributed by atoms with van der Waals surface area (Å²) in [7, 11) is 3.80. The number of aromatic nitrogens is 2. The molecule has 0 spiro atoms. The molecule has 3 rings (SSSR count). The molecule has 0 radical (unpaired) electrons. The van der Waals surface area contributed by atoms with Gasteiger partial charge in [-0.15, -0.1) is 0 Å². The zero-order valence-corrected chi connectivity index (χ0v) is 16.7. The summed E-state index contributed by atoms with van der Waals surface area (Å²) in [5.41, 5.74) is 1.99. The number of ether oxygens (including phenoxy) is 1. The Morgan fingerprint density at radius 1 is 1.04 bits per heavy atom. The van der Waals surface area contributed by atoms with E-state index in [9.17, 15) is 0 Å². The number of para-hydroxylation sites is 1. The summed E-state index contributed by atoms with van der Waals surface area (Å²) < 4.78 is 5.43. The van der Waals surface area contributed by atoms with Crippen LogP contribution in [-0.2, 0) is 0 Å². The summed E-state index contributed by atoms with van der Waals surface area (Å²) in [6.07, 6.45) is 5.84. The van der Waals surface area contributed by atoms with Crippen LogP contribution in [0.4, 0.5) is 5.82 Å². The van der Waals surface area contributed by atoms with Crippen molar-refractivity contribution in [3.05, 3.63) is 36.7 Å². The molecule has 2 heterocycles. The number of rotatable bonds is 4. The first-order valence-electron chi connectivity index (χ1n) is 9.18. The van der Waals surface area contributed by atoms with Gasteiger partial charge in [-0.2, -0.15) is 0 Å². The largest absolute Gasteiger partial charge is 0.496 e. The predicted molar refractivity (Wildman–Crippen MR) is 107 cm³/mol. The van der Waals surface area contributed by atoms with Crippen molar-refractivity contribution < 1.29 is 4.74 Å². The molecule has 26 heavy (non-hydrogen) atoms. The van der Waals surface area contributed by atoms with Gasteiger partial charge in [0, 0.05) is 29.7 Å². The second-order valence-corrected chi connectivity index (χ2v) is 8.53. The van der Waals surface area contributed by atoms with E-state index in [-0.39, 0.29) is 11.1 Å². The second kappa shape index (κ2) is 6.88. The highest BCUT2D eigenvalue weighted by Gasteiger charge is 2.39. The predicted octanol–water partition coefficient (Wildman–Crippen LogP) is 3.90. The summed E-state index contributed by atoms with van der Waals surface area (Å²) in [5.74, 6) is 1.71. The number of anilines is 1. The smallest absolute Gasteiger partial charge is 0.147 e. The van der Waals surface area contributed by atoms with Crippen LogP contribution in [0, 0.1) is 0 Å². The quantitative estimate of drug-likeness (QED) is 0.902. The van der Waals surface area contributed by atoms with E-state index in [1.165, 1.54) is 0 Å². The molecule has 1 aromatic carbocycles. The van der Waals surface area contributed by atoms with Crippen molar-refractivity contribution >= 4 is 5.82 Å². The van der Waals surface area contributed by atoms with E-state index >= 15 is 0 Å². The van der Waals surface area contributed by atoms with Gasteiger partial charge in [-0.1, -0.05) is 12.1 Å². The maximum atomic E-state index is 5.43. The number of methoxy groups -OCH3 is 1. The monoisotopic (exact) mass is 354 g/mol. The van der Waals surface area contributed by atoms with Crippen molar-refractivity contribution in [2.75, 3.05) is 19.1 Å². The van der Waals surface area contributed by atoms with Gasteiger partial charge in [0.05, 0.1) is 25.2 Å². The molecular formula is C21H30N4O. The highest BCUT2D eigenvalue weighted by Crippen LogP contribution is 2.33. The van der Waals surface area contributed by atoms with Crippen LogP contribution in [0.2, 0.25) is 0 Å². The van der Waals surface area contributed by atoms with Gasteiger partial charge in [0.25, 0.3) is 0 Å². The molecule has 1 aliphatic heterocycles. The maximum absolute atomic E-state index is 5.43. The fraction of sp³-hybridized carbons (Fsp3) is 0.524. The van der Waals surface area contributed by atoms with Gasteiger partial charge in [-0.25, -0.2) is 4.98 Å². The molecule has 0 saturated carbocycles. The minimum atomic E-state index is 0.103. The van der Waals surface area contributed by atoms with E-state index < -0.39 is 0 Å².